The van der Waals surface area contributed by atoms with Crippen molar-refractivity contribution in [1.82, 2.24) is 15.4 Å². The molecule has 10 heteroatoms. The highest BCUT2D eigenvalue weighted by Crippen LogP contribution is 2.30. The van der Waals surface area contributed by atoms with E-state index in [1.165, 1.54) is 18.2 Å². The minimum absolute atomic E-state index is 0.162. The number of nitrogens with one attached hydrogen (secondary N) is 1. The van der Waals surface area contributed by atoms with Gasteiger partial charge in [0.1, 0.15) is 0 Å². The molecule has 0 spiro atoms. The maximum atomic E-state index is 12.6. The van der Waals surface area contributed by atoms with Crippen LogP contribution in [0.15, 0.2) is 36.5 Å². The number of benzene rings is 1. The van der Waals surface area contributed by atoms with Crippen molar-refractivity contribution in [2.24, 2.45) is 0 Å². The van der Waals surface area contributed by atoms with Crippen LogP contribution >= 0.6 is 0 Å². The fourth-order valence-corrected chi connectivity index (χ4v) is 2.66. The molecule has 1 aromatic carbocycles. The zero-order valence-electron chi connectivity index (χ0n) is 15.2. The van der Waals surface area contributed by atoms with Gasteiger partial charge in [-0.25, -0.2) is 9.99 Å². The summed E-state index contributed by atoms with van der Waals surface area (Å²) in [6.45, 7) is 0.504. The SMILES string of the molecule is N#Cc1ccc(-c2cc(C(=O)NN3CCOCC3)cnc2OCC(F)(F)F)cc1. The van der Waals surface area contributed by atoms with Crippen molar-refractivity contribution in [1.29, 1.82) is 5.26 Å². The predicted octanol–water partition coefficient (Wildman–Crippen LogP) is 2.54. The number of carbonyl (C=O) groups is 1. The number of hydrogen-bond donors (Lipinski definition) is 1. The van der Waals surface area contributed by atoms with E-state index in [0.717, 1.165) is 6.20 Å². The van der Waals surface area contributed by atoms with Crippen LogP contribution in [0.5, 0.6) is 5.88 Å². The van der Waals surface area contributed by atoms with Gasteiger partial charge in [-0.05, 0) is 23.8 Å². The number of ether oxygens (including phenoxy) is 2. The largest absolute Gasteiger partial charge is 0.468 e. The number of hydrogen-bond acceptors (Lipinski definition) is 6. The van der Waals surface area contributed by atoms with Gasteiger partial charge in [-0.1, -0.05) is 12.1 Å². The summed E-state index contributed by atoms with van der Waals surface area (Å²) in [7, 11) is 0. The number of hydrazine groups is 1. The number of carbonyl (C=O) groups excluding carboxylic acids is 1. The van der Waals surface area contributed by atoms with Gasteiger partial charge in [-0.15, -0.1) is 0 Å². The van der Waals surface area contributed by atoms with Gasteiger partial charge >= 0.3 is 6.18 Å². The summed E-state index contributed by atoms with van der Waals surface area (Å²) in [6.07, 6.45) is -3.37. The topological polar surface area (TPSA) is 87.5 Å². The maximum absolute atomic E-state index is 12.6. The molecule has 1 aliphatic rings. The molecule has 1 fully saturated rings. The molecule has 1 saturated heterocycles. The number of alkyl halides is 3. The number of amides is 1. The fourth-order valence-electron chi connectivity index (χ4n) is 2.66. The minimum atomic E-state index is -4.53. The zero-order chi connectivity index (χ0) is 20.9. The second-order valence-electron chi connectivity index (χ2n) is 6.21. The first kappa shape index (κ1) is 20.6. The van der Waals surface area contributed by atoms with Crippen molar-refractivity contribution in [3.8, 4) is 23.1 Å². The van der Waals surface area contributed by atoms with Gasteiger partial charge in [0.25, 0.3) is 5.91 Å². The average molecular weight is 406 g/mol. The Bertz CT molecular complexity index is 904. The van der Waals surface area contributed by atoms with Gasteiger partial charge in [0.05, 0.1) is 30.4 Å². The van der Waals surface area contributed by atoms with E-state index in [-0.39, 0.29) is 17.0 Å². The van der Waals surface area contributed by atoms with Crippen LogP contribution in [0.4, 0.5) is 13.2 Å². The highest BCUT2D eigenvalue weighted by molar-refractivity contribution is 5.95. The standard InChI is InChI=1S/C19H17F3N4O3/c20-19(21,22)12-29-18-16(14-3-1-13(10-23)2-4-14)9-15(11-24-18)17(27)25-26-5-7-28-8-6-26/h1-4,9,11H,5-8,12H2,(H,25,27). The van der Waals surface area contributed by atoms with Crippen LogP contribution in [0.2, 0.25) is 0 Å². The van der Waals surface area contributed by atoms with Crippen LogP contribution in [0.1, 0.15) is 15.9 Å². The van der Waals surface area contributed by atoms with Crippen molar-refractivity contribution in [2.45, 2.75) is 6.18 Å². The molecule has 0 radical (unpaired) electrons. The Morgan fingerprint density at radius 2 is 1.97 bits per heavy atom. The molecule has 1 aromatic heterocycles. The van der Waals surface area contributed by atoms with Gasteiger partial charge in [0.15, 0.2) is 6.61 Å². The molecule has 1 aliphatic heterocycles. The maximum Gasteiger partial charge on any atom is 0.422 e. The monoisotopic (exact) mass is 406 g/mol. The third-order valence-electron chi connectivity index (χ3n) is 4.08. The Morgan fingerprint density at radius 3 is 2.59 bits per heavy atom. The van der Waals surface area contributed by atoms with E-state index in [9.17, 15) is 18.0 Å². The summed E-state index contributed by atoms with van der Waals surface area (Å²) >= 11 is 0. The number of morpholine rings is 1. The lowest BCUT2D eigenvalue weighted by molar-refractivity contribution is -0.154. The molecule has 1 amide bonds. The average Bonchev–Trinajstić information content (AvgIpc) is 2.72. The van der Waals surface area contributed by atoms with E-state index in [4.69, 9.17) is 14.7 Å². The Hall–Kier alpha value is -3.16. The van der Waals surface area contributed by atoms with Crippen LogP contribution in [-0.2, 0) is 4.74 Å². The molecule has 29 heavy (non-hydrogen) atoms. The third-order valence-corrected chi connectivity index (χ3v) is 4.08. The number of aromatic nitrogens is 1. The molecule has 2 aromatic rings. The van der Waals surface area contributed by atoms with Crippen molar-refractivity contribution in [3.05, 3.63) is 47.7 Å². The van der Waals surface area contributed by atoms with Crippen LogP contribution in [0.25, 0.3) is 11.1 Å². The van der Waals surface area contributed by atoms with E-state index in [1.807, 2.05) is 6.07 Å². The predicted molar refractivity (Wildman–Crippen MR) is 95.8 cm³/mol. The molecule has 0 unspecified atom stereocenters. The van der Waals surface area contributed by atoms with E-state index in [1.54, 1.807) is 17.1 Å². The first-order chi connectivity index (χ1) is 13.9. The van der Waals surface area contributed by atoms with Gasteiger partial charge in [0, 0.05) is 24.8 Å². The molecule has 3 rings (SSSR count). The summed E-state index contributed by atoms with van der Waals surface area (Å²) in [5.41, 5.74) is 3.95. The summed E-state index contributed by atoms with van der Waals surface area (Å²) in [6, 6.07) is 9.52. The Morgan fingerprint density at radius 1 is 1.28 bits per heavy atom. The first-order valence-electron chi connectivity index (χ1n) is 8.69. The number of pyridine rings is 1. The van der Waals surface area contributed by atoms with E-state index < -0.39 is 18.7 Å². The first-order valence-corrected chi connectivity index (χ1v) is 8.69. The molecule has 0 saturated carbocycles. The molecule has 7 nitrogen and oxygen atoms in total. The molecule has 1 N–H and O–H groups in total. The summed E-state index contributed by atoms with van der Waals surface area (Å²) in [4.78, 5) is 16.5. The van der Waals surface area contributed by atoms with Crippen molar-refractivity contribution >= 4 is 5.91 Å². The minimum Gasteiger partial charge on any atom is -0.468 e. The van der Waals surface area contributed by atoms with Crippen LogP contribution in [0.3, 0.4) is 0 Å². The molecule has 152 valence electrons. The molecule has 0 bridgehead atoms. The van der Waals surface area contributed by atoms with Crippen molar-refractivity contribution < 1.29 is 27.4 Å². The summed E-state index contributed by atoms with van der Waals surface area (Å²) in [5.74, 6) is -0.702. The zero-order valence-corrected chi connectivity index (χ0v) is 15.2. The van der Waals surface area contributed by atoms with Gasteiger partial charge in [-0.3, -0.25) is 10.2 Å². The lowest BCUT2D eigenvalue weighted by Gasteiger charge is -2.27. The summed E-state index contributed by atoms with van der Waals surface area (Å²) < 4.78 is 47.8. The molecule has 2 heterocycles. The quantitative estimate of drug-likeness (QED) is 0.821. The molecule has 0 aliphatic carbocycles. The normalized spacial score (nSPS) is 14.8. The highest BCUT2D eigenvalue weighted by Gasteiger charge is 2.29. The second-order valence-corrected chi connectivity index (χ2v) is 6.21. The van der Waals surface area contributed by atoms with Crippen molar-refractivity contribution in [3.63, 3.8) is 0 Å². The van der Waals surface area contributed by atoms with Crippen molar-refractivity contribution in [2.75, 3.05) is 32.9 Å². The number of rotatable bonds is 5. The highest BCUT2D eigenvalue weighted by atomic mass is 19.4. The van der Waals surface area contributed by atoms with Crippen LogP contribution < -0.4 is 10.2 Å². The number of halogens is 3. The number of nitriles is 1. The second kappa shape index (κ2) is 8.89. The van der Waals surface area contributed by atoms with Crippen LogP contribution in [0, 0.1) is 11.3 Å². The Balaban J connectivity index is 1.88. The molecular weight excluding hydrogens is 389 g/mol. The fraction of sp³-hybridized carbons (Fsp3) is 0.316. The lowest BCUT2D eigenvalue weighted by atomic mass is 10.0. The Labute approximate surface area is 164 Å². The smallest absolute Gasteiger partial charge is 0.422 e. The van der Waals surface area contributed by atoms with Gasteiger partial charge in [-0.2, -0.15) is 18.4 Å². The summed E-state index contributed by atoms with van der Waals surface area (Å²) in [5, 5.41) is 10.6. The Kier molecular flexibility index (Phi) is 6.31. The van der Waals surface area contributed by atoms with Gasteiger partial charge < -0.3 is 9.47 Å². The van der Waals surface area contributed by atoms with Gasteiger partial charge in [0.2, 0.25) is 5.88 Å². The van der Waals surface area contributed by atoms with E-state index in [2.05, 4.69) is 10.4 Å². The third kappa shape index (κ3) is 5.66. The van der Waals surface area contributed by atoms with E-state index >= 15 is 0 Å². The van der Waals surface area contributed by atoms with Crippen LogP contribution in [-0.4, -0.2) is 55.0 Å². The molecular formula is C19H17F3N4O3. The molecule has 0 atom stereocenters. The number of nitrogens with zero attached hydrogens (tertiary/aromatic N) is 3. The van der Waals surface area contributed by atoms with E-state index in [0.29, 0.717) is 37.4 Å². The lowest BCUT2D eigenvalue weighted by Crippen LogP contribution is -2.48.